The Bertz CT molecular complexity index is 589. The van der Waals surface area contributed by atoms with E-state index in [9.17, 15) is 4.79 Å². The summed E-state index contributed by atoms with van der Waals surface area (Å²) in [7, 11) is 0. The van der Waals surface area contributed by atoms with Crippen molar-refractivity contribution in [2.24, 2.45) is 0 Å². The molecule has 2 aromatic carbocycles. The first-order valence-electron chi connectivity index (χ1n) is 7.77. The number of esters is 1. The average molecular weight is 312 g/mol. The highest BCUT2D eigenvalue weighted by Gasteiger charge is 2.42. The number of carbonyl (C=O) groups is 1. The van der Waals surface area contributed by atoms with Crippen LogP contribution in [0.25, 0.3) is 0 Å². The Morgan fingerprint density at radius 2 is 1.48 bits per heavy atom. The molecule has 23 heavy (non-hydrogen) atoms. The van der Waals surface area contributed by atoms with E-state index in [0.717, 1.165) is 11.1 Å². The molecule has 1 heterocycles. The zero-order valence-corrected chi connectivity index (χ0v) is 13.1. The molecule has 120 valence electrons. The first kappa shape index (κ1) is 15.7. The van der Waals surface area contributed by atoms with Gasteiger partial charge in [0.2, 0.25) is 0 Å². The largest absolute Gasteiger partial charge is 0.462 e. The van der Waals surface area contributed by atoms with Crippen molar-refractivity contribution < 1.29 is 19.0 Å². The fourth-order valence-corrected chi connectivity index (χ4v) is 2.89. The minimum absolute atomic E-state index is 0.310. The maximum absolute atomic E-state index is 11.8. The molecule has 0 unspecified atom stereocenters. The Hall–Kier alpha value is -2.17. The van der Waals surface area contributed by atoms with Crippen LogP contribution in [0.1, 0.15) is 18.1 Å². The maximum atomic E-state index is 11.8. The predicted octanol–water partition coefficient (Wildman–Crippen LogP) is 2.91. The van der Waals surface area contributed by atoms with Gasteiger partial charge in [0.1, 0.15) is 0 Å². The van der Waals surface area contributed by atoms with Crippen LogP contribution in [0.3, 0.4) is 0 Å². The second-order valence-electron chi connectivity index (χ2n) is 5.52. The van der Waals surface area contributed by atoms with Gasteiger partial charge in [-0.25, -0.2) is 4.79 Å². The molecule has 0 N–H and O–H groups in total. The van der Waals surface area contributed by atoms with E-state index >= 15 is 0 Å². The highest BCUT2D eigenvalue weighted by molar-refractivity contribution is 5.73. The Morgan fingerprint density at radius 3 is 1.91 bits per heavy atom. The third-order valence-corrected chi connectivity index (χ3v) is 4.09. The highest BCUT2D eigenvalue weighted by atomic mass is 16.7. The van der Waals surface area contributed by atoms with Crippen molar-refractivity contribution in [2.75, 3.05) is 19.8 Å². The van der Waals surface area contributed by atoms with E-state index < -0.39 is 17.7 Å². The van der Waals surface area contributed by atoms with Crippen LogP contribution >= 0.6 is 0 Å². The van der Waals surface area contributed by atoms with Gasteiger partial charge < -0.3 is 14.2 Å². The van der Waals surface area contributed by atoms with Gasteiger partial charge in [-0.1, -0.05) is 60.7 Å². The third kappa shape index (κ3) is 3.14. The van der Waals surface area contributed by atoms with E-state index in [1.807, 2.05) is 36.4 Å². The minimum atomic E-state index is -0.949. The number of ether oxygens (including phenoxy) is 3. The smallest absolute Gasteiger partial charge is 0.363 e. The normalized spacial score (nSPS) is 17.6. The summed E-state index contributed by atoms with van der Waals surface area (Å²) < 4.78 is 16.4. The van der Waals surface area contributed by atoms with Crippen LogP contribution in [0.15, 0.2) is 60.7 Å². The van der Waals surface area contributed by atoms with Gasteiger partial charge >= 0.3 is 5.97 Å². The minimum Gasteiger partial charge on any atom is -0.462 e. The van der Waals surface area contributed by atoms with Crippen molar-refractivity contribution in [3.63, 3.8) is 0 Å². The molecule has 2 aromatic rings. The molecule has 0 aromatic heterocycles. The van der Waals surface area contributed by atoms with Crippen LogP contribution in [-0.4, -0.2) is 32.1 Å². The molecule has 0 amide bonds. The Morgan fingerprint density at radius 1 is 1.00 bits per heavy atom. The number of hydrogen-bond donors (Lipinski definition) is 0. The SMILES string of the molecule is CCOC(=O)C1OCC(c2ccccc2)(c2ccccc2)CO1. The van der Waals surface area contributed by atoms with Crippen molar-refractivity contribution in [1.29, 1.82) is 0 Å². The lowest BCUT2D eigenvalue weighted by Crippen LogP contribution is -2.48. The first-order valence-corrected chi connectivity index (χ1v) is 7.77. The zero-order chi connectivity index (χ0) is 16.1. The van der Waals surface area contributed by atoms with Gasteiger partial charge in [0.15, 0.2) is 0 Å². The van der Waals surface area contributed by atoms with E-state index in [1.165, 1.54) is 0 Å². The summed E-state index contributed by atoms with van der Waals surface area (Å²) in [5.41, 5.74) is 1.79. The van der Waals surface area contributed by atoms with E-state index in [4.69, 9.17) is 14.2 Å². The summed E-state index contributed by atoms with van der Waals surface area (Å²) in [6.45, 7) is 2.80. The van der Waals surface area contributed by atoms with Gasteiger partial charge in [-0.15, -0.1) is 0 Å². The standard InChI is InChI=1S/C19H20O4/c1-2-21-17(20)18-22-13-19(14-23-18,15-9-5-3-6-10-15)16-11-7-4-8-12-16/h3-12,18H,2,13-14H2,1H3. The summed E-state index contributed by atoms with van der Waals surface area (Å²) >= 11 is 0. The number of carbonyl (C=O) groups excluding carboxylic acids is 1. The highest BCUT2D eigenvalue weighted by Crippen LogP contribution is 2.36. The maximum Gasteiger partial charge on any atom is 0.363 e. The van der Waals surface area contributed by atoms with E-state index in [-0.39, 0.29) is 0 Å². The molecule has 0 atom stereocenters. The second-order valence-corrected chi connectivity index (χ2v) is 5.52. The van der Waals surface area contributed by atoms with Crippen molar-refractivity contribution in [1.82, 2.24) is 0 Å². The quantitative estimate of drug-likeness (QED) is 0.814. The molecule has 4 heteroatoms. The molecular formula is C19H20O4. The van der Waals surface area contributed by atoms with E-state index in [1.54, 1.807) is 6.92 Å². The molecule has 0 aliphatic carbocycles. The molecule has 3 rings (SSSR count). The lowest BCUT2D eigenvalue weighted by molar-refractivity contribution is -0.222. The first-order chi connectivity index (χ1) is 11.3. The average Bonchev–Trinajstić information content (AvgIpc) is 2.63. The molecule has 1 aliphatic rings. The summed E-state index contributed by atoms with van der Waals surface area (Å²) in [4.78, 5) is 11.8. The summed E-state index contributed by atoms with van der Waals surface area (Å²) in [5, 5.41) is 0. The monoisotopic (exact) mass is 312 g/mol. The van der Waals surface area contributed by atoms with Gasteiger partial charge in [-0.05, 0) is 18.1 Å². The van der Waals surface area contributed by atoms with E-state index in [0.29, 0.717) is 19.8 Å². The van der Waals surface area contributed by atoms with Gasteiger partial charge in [-0.3, -0.25) is 0 Å². The fraction of sp³-hybridized carbons (Fsp3) is 0.316. The van der Waals surface area contributed by atoms with Gasteiger partial charge in [0.05, 0.1) is 25.2 Å². The molecule has 0 radical (unpaired) electrons. The lowest BCUT2D eigenvalue weighted by Gasteiger charge is -2.40. The third-order valence-electron chi connectivity index (χ3n) is 4.09. The molecular weight excluding hydrogens is 292 g/mol. The molecule has 0 spiro atoms. The lowest BCUT2D eigenvalue weighted by atomic mass is 9.75. The summed E-state index contributed by atoms with van der Waals surface area (Å²) in [6.07, 6.45) is -0.949. The van der Waals surface area contributed by atoms with Crippen molar-refractivity contribution >= 4 is 5.97 Å². The van der Waals surface area contributed by atoms with Crippen LogP contribution in [0.2, 0.25) is 0 Å². The van der Waals surface area contributed by atoms with Crippen molar-refractivity contribution in [3.05, 3.63) is 71.8 Å². The predicted molar refractivity (Wildman–Crippen MR) is 86.0 cm³/mol. The number of rotatable bonds is 4. The molecule has 1 fully saturated rings. The van der Waals surface area contributed by atoms with Gasteiger partial charge in [-0.2, -0.15) is 0 Å². The molecule has 1 aliphatic heterocycles. The van der Waals surface area contributed by atoms with E-state index in [2.05, 4.69) is 24.3 Å². The fourth-order valence-electron chi connectivity index (χ4n) is 2.89. The molecule has 0 bridgehead atoms. The van der Waals surface area contributed by atoms with Crippen molar-refractivity contribution in [3.8, 4) is 0 Å². The van der Waals surface area contributed by atoms with Crippen LogP contribution in [0.5, 0.6) is 0 Å². The topological polar surface area (TPSA) is 44.8 Å². The Kier molecular flexibility index (Phi) is 4.74. The van der Waals surface area contributed by atoms with Crippen molar-refractivity contribution in [2.45, 2.75) is 18.6 Å². The Labute approximate surface area is 136 Å². The van der Waals surface area contributed by atoms with Crippen LogP contribution < -0.4 is 0 Å². The summed E-state index contributed by atoms with van der Waals surface area (Å²) in [5.74, 6) is -0.470. The van der Waals surface area contributed by atoms with Crippen LogP contribution in [0, 0.1) is 0 Å². The second kappa shape index (κ2) is 6.94. The Balaban J connectivity index is 1.90. The van der Waals surface area contributed by atoms with Crippen LogP contribution in [-0.2, 0) is 24.4 Å². The molecule has 1 saturated heterocycles. The number of benzene rings is 2. The van der Waals surface area contributed by atoms with Gasteiger partial charge in [0, 0.05) is 0 Å². The zero-order valence-electron chi connectivity index (χ0n) is 13.1. The summed E-state index contributed by atoms with van der Waals surface area (Å²) in [6, 6.07) is 20.2. The van der Waals surface area contributed by atoms with Crippen LogP contribution in [0.4, 0.5) is 0 Å². The number of hydrogen-bond acceptors (Lipinski definition) is 4. The molecule has 0 saturated carbocycles. The molecule has 4 nitrogen and oxygen atoms in total. The van der Waals surface area contributed by atoms with Gasteiger partial charge in [0.25, 0.3) is 6.29 Å².